The molecule has 2 rings (SSSR count). The monoisotopic (exact) mass is 425 g/mol. The van der Waals surface area contributed by atoms with Gasteiger partial charge in [0.25, 0.3) is 0 Å². The Hall–Kier alpha value is -2.17. The van der Waals surface area contributed by atoms with Crippen LogP contribution < -0.4 is 10.6 Å². The van der Waals surface area contributed by atoms with E-state index in [1.807, 2.05) is 13.8 Å². The van der Waals surface area contributed by atoms with E-state index < -0.39 is 6.10 Å². The fourth-order valence-corrected chi connectivity index (χ4v) is 3.24. The molecule has 1 saturated carbocycles. The molecular formula is C20H35N5O5. The van der Waals surface area contributed by atoms with Crippen molar-refractivity contribution in [2.24, 2.45) is 0 Å². The highest BCUT2D eigenvalue weighted by atomic mass is 16.5. The van der Waals surface area contributed by atoms with Crippen molar-refractivity contribution in [3.8, 4) is 0 Å². The Bertz CT molecular complexity index is 660. The maximum Gasteiger partial charge on any atom is 0.321 e. The molecule has 3 amide bonds. The van der Waals surface area contributed by atoms with Gasteiger partial charge in [0, 0.05) is 19.3 Å². The van der Waals surface area contributed by atoms with Crippen LogP contribution >= 0.6 is 0 Å². The summed E-state index contributed by atoms with van der Waals surface area (Å²) in [5.74, 6) is -0.0816. The summed E-state index contributed by atoms with van der Waals surface area (Å²) in [4.78, 5) is 25.7. The van der Waals surface area contributed by atoms with Gasteiger partial charge in [0.1, 0.15) is 6.54 Å². The van der Waals surface area contributed by atoms with Crippen molar-refractivity contribution in [1.29, 1.82) is 0 Å². The Morgan fingerprint density at radius 1 is 1.33 bits per heavy atom. The maximum absolute atomic E-state index is 12.3. The zero-order valence-corrected chi connectivity index (χ0v) is 18.2. The van der Waals surface area contributed by atoms with Crippen LogP contribution in [-0.2, 0) is 20.8 Å². The van der Waals surface area contributed by atoms with E-state index in [4.69, 9.17) is 9.47 Å². The highest BCUT2D eigenvalue weighted by Gasteiger charge is 2.18. The van der Waals surface area contributed by atoms with Crippen LogP contribution in [0.15, 0.2) is 12.4 Å². The Labute approximate surface area is 177 Å². The van der Waals surface area contributed by atoms with Crippen LogP contribution in [0.1, 0.15) is 39.5 Å². The lowest BCUT2D eigenvalue weighted by Gasteiger charge is -2.21. The van der Waals surface area contributed by atoms with Gasteiger partial charge in [-0.1, -0.05) is 12.8 Å². The van der Waals surface area contributed by atoms with Crippen molar-refractivity contribution < 1.29 is 24.2 Å². The van der Waals surface area contributed by atoms with Crippen LogP contribution in [0.2, 0.25) is 0 Å². The molecule has 1 aromatic heterocycles. The number of hydrogen-bond acceptors (Lipinski definition) is 6. The Morgan fingerprint density at radius 3 is 2.77 bits per heavy atom. The lowest BCUT2D eigenvalue weighted by Crippen LogP contribution is -2.39. The van der Waals surface area contributed by atoms with E-state index in [1.165, 1.54) is 15.8 Å². The van der Waals surface area contributed by atoms with E-state index in [2.05, 4.69) is 15.7 Å². The first kappa shape index (κ1) is 24.1. The van der Waals surface area contributed by atoms with Gasteiger partial charge in [-0.25, -0.2) is 4.79 Å². The molecule has 30 heavy (non-hydrogen) atoms. The van der Waals surface area contributed by atoms with Gasteiger partial charge in [-0.2, -0.15) is 5.10 Å². The summed E-state index contributed by atoms with van der Waals surface area (Å²) in [5.41, 5.74) is 0.483. The van der Waals surface area contributed by atoms with Crippen molar-refractivity contribution in [3.05, 3.63) is 12.4 Å². The first-order valence-electron chi connectivity index (χ1n) is 10.5. The maximum atomic E-state index is 12.3. The molecule has 1 unspecified atom stereocenters. The van der Waals surface area contributed by atoms with Crippen LogP contribution in [0.3, 0.4) is 0 Å². The van der Waals surface area contributed by atoms with Crippen molar-refractivity contribution in [2.45, 2.75) is 64.3 Å². The fourth-order valence-electron chi connectivity index (χ4n) is 3.24. The Kier molecular flexibility index (Phi) is 10.0. The number of amides is 3. The molecule has 10 heteroatoms. The van der Waals surface area contributed by atoms with Crippen molar-refractivity contribution >= 4 is 17.6 Å². The normalized spacial score (nSPS) is 15.4. The van der Waals surface area contributed by atoms with Crippen LogP contribution in [0, 0.1) is 0 Å². The minimum absolute atomic E-state index is 0.0816. The number of anilines is 1. The quantitative estimate of drug-likeness (QED) is 0.433. The molecule has 0 aromatic carbocycles. The summed E-state index contributed by atoms with van der Waals surface area (Å²) in [7, 11) is 1.58. The third-order valence-corrected chi connectivity index (χ3v) is 4.73. The average Bonchev–Trinajstić information content (AvgIpc) is 3.33. The molecule has 1 aromatic rings. The SMILES string of the molecule is CC(C)OCCOCC(O)CN(C)C(=O)Nc1cnn(CC(=O)NC2CCCC2)c1. The number of rotatable bonds is 12. The second-order valence-electron chi connectivity index (χ2n) is 7.93. The topological polar surface area (TPSA) is 118 Å². The average molecular weight is 426 g/mol. The summed E-state index contributed by atoms with van der Waals surface area (Å²) in [6.07, 6.45) is 6.80. The first-order valence-corrected chi connectivity index (χ1v) is 10.5. The lowest BCUT2D eigenvalue weighted by molar-refractivity contribution is -0.122. The van der Waals surface area contributed by atoms with E-state index in [0.717, 1.165) is 25.7 Å². The van der Waals surface area contributed by atoms with Gasteiger partial charge in [0.05, 0.1) is 50.5 Å². The minimum atomic E-state index is -0.804. The number of aliphatic hydroxyl groups excluding tert-OH is 1. The van der Waals surface area contributed by atoms with Gasteiger partial charge in [0.2, 0.25) is 5.91 Å². The third kappa shape index (κ3) is 9.10. The second kappa shape index (κ2) is 12.5. The molecule has 1 heterocycles. The molecule has 0 aliphatic heterocycles. The zero-order valence-electron chi connectivity index (χ0n) is 18.2. The molecule has 1 aliphatic rings. The lowest BCUT2D eigenvalue weighted by atomic mass is 10.2. The number of aromatic nitrogens is 2. The molecule has 3 N–H and O–H groups in total. The highest BCUT2D eigenvalue weighted by molar-refractivity contribution is 5.88. The number of ether oxygens (including phenoxy) is 2. The molecule has 10 nitrogen and oxygen atoms in total. The first-order chi connectivity index (χ1) is 14.3. The number of aliphatic hydroxyl groups is 1. The summed E-state index contributed by atoms with van der Waals surface area (Å²) >= 11 is 0. The van der Waals surface area contributed by atoms with E-state index >= 15 is 0 Å². The van der Waals surface area contributed by atoms with Gasteiger partial charge < -0.3 is 30.1 Å². The largest absolute Gasteiger partial charge is 0.389 e. The summed E-state index contributed by atoms with van der Waals surface area (Å²) in [6.45, 7) is 5.08. The number of nitrogens with zero attached hydrogens (tertiary/aromatic N) is 3. The van der Waals surface area contributed by atoms with Crippen molar-refractivity contribution in [1.82, 2.24) is 20.0 Å². The molecule has 1 aliphatic carbocycles. The highest BCUT2D eigenvalue weighted by Crippen LogP contribution is 2.17. The van der Waals surface area contributed by atoms with E-state index in [9.17, 15) is 14.7 Å². The molecule has 0 radical (unpaired) electrons. The number of nitrogens with one attached hydrogen (secondary N) is 2. The second-order valence-corrected chi connectivity index (χ2v) is 7.93. The van der Waals surface area contributed by atoms with E-state index in [1.54, 1.807) is 13.2 Å². The van der Waals surface area contributed by atoms with Crippen LogP contribution in [-0.4, -0.2) is 83.4 Å². The van der Waals surface area contributed by atoms with E-state index in [-0.39, 0.29) is 43.8 Å². The third-order valence-electron chi connectivity index (χ3n) is 4.73. The number of urea groups is 1. The molecule has 0 spiro atoms. The van der Waals surface area contributed by atoms with Crippen LogP contribution in [0.5, 0.6) is 0 Å². The number of carbonyl (C=O) groups is 2. The number of hydrogen-bond donors (Lipinski definition) is 3. The Balaban J connectivity index is 1.66. The zero-order chi connectivity index (χ0) is 21.9. The summed E-state index contributed by atoms with van der Waals surface area (Å²) in [5, 5.41) is 19.8. The Morgan fingerprint density at radius 2 is 2.07 bits per heavy atom. The predicted molar refractivity (Wildman–Crippen MR) is 112 cm³/mol. The van der Waals surface area contributed by atoms with Gasteiger partial charge in [0.15, 0.2) is 0 Å². The van der Waals surface area contributed by atoms with Gasteiger partial charge in [-0.3, -0.25) is 9.48 Å². The predicted octanol–water partition coefficient (Wildman–Crippen LogP) is 1.21. The molecular weight excluding hydrogens is 390 g/mol. The molecule has 1 atom stereocenters. The molecule has 0 bridgehead atoms. The van der Waals surface area contributed by atoms with Crippen molar-refractivity contribution in [3.63, 3.8) is 0 Å². The number of likely N-dealkylation sites (N-methyl/N-ethyl adjacent to an activating group) is 1. The van der Waals surface area contributed by atoms with Crippen molar-refractivity contribution in [2.75, 3.05) is 38.7 Å². The van der Waals surface area contributed by atoms with Crippen LogP contribution in [0.4, 0.5) is 10.5 Å². The van der Waals surface area contributed by atoms with E-state index in [0.29, 0.717) is 18.9 Å². The molecule has 1 fully saturated rings. The van der Waals surface area contributed by atoms with Gasteiger partial charge in [-0.15, -0.1) is 0 Å². The van der Waals surface area contributed by atoms with Gasteiger partial charge in [-0.05, 0) is 26.7 Å². The van der Waals surface area contributed by atoms with Gasteiger partial charge >= 0.3 is 6.03 Å². The number of carbonyl (C=O) groups excluding carboxylic acids is 2. The van der Waals surface area contributed by atoms with Crippen LogP contribution in [0.25, 0.3) is 0 Å². The minimum Gasteiger partial charge on any atom is -0.389 e. The summed E-state index contributed by atoms with van der Waals surface area (Å²) in [6, 6.07) is -0.119. The summed E-state index contributed by atoms with van der Waals surface area (Å²) < 4.78 is 12.2. The smallest absolute Gasteiger partial charge is 0.321 e. The molecule has 0 saturated heterocycles. The fraction of sp³-hybridized carbons (Fsp3) is 0.750. The standard InChI is InChI=1S/C20H35N5O5/c1-15(2)30-9-8-29-14-18(26)12-24(3)20(28)23-17-10-21-25(11-17)13-19(27)22-16-6-4-5-7-16/h10-11,15-16,18,26H,4-9,12-14H2,1-3H3,(H,22,27)(H,23,28). The molecule has 170 valence electrons.